The molecule has 0 bridgehead atoms. The van der Waals surface area contributed by atoms with Crippen LogP contribution in [-0.2, 0) is 11.8 Å². The molecule has 0 spiro atoms. The molecule has 2 aliphatic heterocycles. The number of rotatable bonds is 5. The number of nitrogens with zero attached hydrogens (tertiary/aromatic N) is 3. The van der Waals surface area contributed by atoms with E-state index in [4.69, 9.17) is 0 Å². The molecule has 3 rings (SSSR count). The lowest BCUT2D eigenvalue weighted by molar-refractivity contribution is -0.125. The number of amides is 1. The first-order chi connectivity index (χ1) is 11.6. The number of nitrogens with one attached hydrogen (secondary N) is 2. The van der Waals surface area contributed by atoms with Crippen molar-refractivity contribution in [1.82, 2.24) is 25.3 Å². The van der Waals surface area contributed by atoms with E-state index in [1.807, 2.05) is 24.1 Å². The predicted molar refractivity (Wildman–Crippen MR) is 109 cm³/mol. The molecule has 1 aromatic heterocycles. The molecule has 1 amide bonds. The van der Waals surface area contributed by atoms with Gasteiger partial charge in [0.1, 0.15) is 0 Å². The zero-order valence-electron chi connectivity index (χ0n) is 16.0. The van der Waals surface area contributed by atoms with Crippen LogP contribution in [0.5, 0.6) is 0 Å². The van der Waals surface area contributed by atoms with Gasteiger partial charge in [-0.2, -0.15) is 5.10 Å². The van der Waals surface area contributed by atoms with Crippen molar-refractivity contribution >= 4 is 30.7 Å². The van der Waals surface area contributed by atoms with Crippen LogP contribution in [-0.4, -0.2) is 58.9 Å². The number of hydrogen-bond donors (Lipinski definition) is 2. The van der Waals surface area contributed by atoms with Crippen LogP contribution in [0.2, 0.25) is 0 Å². The van der Waals surface area contributed by atoms with Gasteiger partial charge < -0.3 is 10.6 Å². The van der Waals surface area contributed by atoms with Gasteiger partial charge in [-0.1, -0.05) is 6.42 Å². The fraction of sp³-hybridized carbons (Fsp3) is 0.778. The van der Waals surface area contributed by atoms with Gasteiger partial charge in [0.15, 0.2) is 0 Å². The van der Waals surface area contributed by atoms with Crippen LogP contribution in [0.3, 0.4) is 0 Å². The molecule has 0 radical (unpaired) electrons. The smallest absolute Gasteiger partial charge is 0.225 e. The zero-order valence-corrected chi connectivity index (χ0v) is 17.6. The first kappa shape index (κ1) is 23.2. The SMILES string of the molecule is CC1CCCCN1C(C)CNC(=O)[C@H]1CNC[C@@H]1c1cnn(C)c1.Cl.Cl. The number of piperidine rings is 1. The predicted octanol–water partition coefficient (Wildman–Crippen LogP) is 1.95. The van der Waals surface area contributed by atoms with Gasteiger partial charge in [0, 0.05) is 50.9 Å². The number of carbonyl (C=O) groups excluding carboxylic acids is 1. The molecule has 2 unspecified atom stereocenters. The van der Waals surface area contributed by atoms with Gasteiger partial charge in [-0.05, 0) is 38.8 Å². The Morgan fingerprint density at radius 1 is 1.38 bits per heavy atom. The van der Waals surface area contributed by atoms with Gasteiger partial charge >= 0.3 is 0 Å². The standard InChI is InChI=1S/C18H31N5O.2ClH/c1-13-6-4-5-7-23(13)14(2)8-20-18(24)17-11-19-10-16(17)15-9-21-22(3)12-15;;/h9,12-14,16-17,19H,4-8,10-11H2,1-3H3,(H,20,24);2*1H/t13?,14?,16-,17+;;/m1../s1. The molecule has 6 nitrogen and oxygen atoms in total. The second kappa shape index (κ2) is 10.5. The van der Waals surface area contributed by atoms with Crippen molar-refractivity contribution in [3.63, 3.8) is 0 Å². The first-order valence-electron chi connectivity index (χ1n) is 9.29. The topological polar surface area (TPSA) is 62.2 Å². The number of halogens is 2. The maximum Gasteiger partial charge on any atom is 0.225 e. The summed E-state index contributed by atoms with van der Waals surface area (Å²) in [4.78, 5) is 15.2. The third kappa shape index (κ3) is 5.35. The van der Waals surface area contributed by atoms with Gasteiger partial charge in [-0.15, -0.1) is 24.8 Å². The van der Waals surface area contributed by atoms with Gasteiger partial charge in [0.2, 0.25) is 5.91 Å². The molecule has 2 saturated heterocycles. The minimum Gasteiger partial charge on any atom is -0.354 e. The van der Waals surface area contributed by atoms with E-state index in [9.17, 15) is 4.79 Å². The Bertz CT molecular complexity index is 568. The van der Waals surface area contributed by atoms with E-state index in [0.29, 0.717) is 12.1 Å². The van der Waals surface area contributed by atoms with Crippen LogP contribution < -0.4 is 10.6 Å². The molecule has 2 fully saturated rings. The monoisotopic (exact) mass is 405 g/mol. The highest BCUT2D eigenvalue weighted by molar-refractivity contribution is 5.85. The van der Waals surface area contributed by atoms with Gasteiger partial charge in [-0.25, -0.2) is 0 Å². The summed E-state index contributed by atoms with van der Waals surface area (Å²) >= 11 is 0. The van der Waals surface area contributed by atoms with E-state index in [1.54, 1.807) is 0 Å². The lowest BCUT2D eigenvalue weighted by Crippen LogP contribution is -2.49. The minimum atomic E-state index is 0. The Morgan fingerprint density at radius 2 is 2.15 bits per heavy atom. The maximum absolute atomic E-state index is 12.7. The van der Waals surface area contributed by atoms with Gasteiger partial charge in [0.05, 0.1) is 12.1 Å². The van der Waals surface area contributed by atoms with Crippen LogP contribution in [0.4, 0.5) is 0 Å². The van der Waals surface area contributed by atoms with Crippen LogP contribution in [0.15, 0.2) is 12.4 Å². The van der Waals surface area contributed by atoms with Crippen molar-refractivity contribution in [1.29, 1.82) is 0 Å². The third-order valence-corrected chi connectivity index (χ3v) is 5.70. The second-order valence-corrected chi connectivity index (χ2v) is 7.50. The molecule has 4 atom stereocenters. The number of aromatic nitrogens is 2. The van der Waals surface area contributed by atoms with Gasteiger partial charge in [-0.3, -0.25) is 14.4 Å². The molecule has 26 heavy (non-hydrogen) atoms. The highest BCUT2D eigenvalue weighted by Gasteiger charge is 2.35. The normalized spacial score (nSPS) is 27.3. The van der Waals surface area contributed by atoms with Crippen molar-refractivity contribution in [2.45, 2.75) is 51.1 Å². The van der Waals surface area contributed by atoms with E-state index in [-0.39, 0.29) is 42.6 Å². The lowest BCUT2D eigenvalue weighted by Gasteiger charge is -2.38. The van der Waals surface area contributed by atoms with E-state index in [0.717, 1.165) is 31.7 Å². The van der Waals surface area contributed by atoms with E-state index in [1.165, 1.54) is 19.3 Å². The summed E-state index contributed by atoms with van der Waals surface area (Å²) in [6.07, 6.45) is 7.79. The Hall–Kier alpha value is -0.820. The van der Waals surface area contributed by atoms with E-state index >= 15 is 0 Å². The fourth-order valence-electron chi connectivity index (χ4n) is 4.21. The Morgan fingerprint density at radius 3 is 2.81 bits per heavy atom. The Labute approximate surface area is 169 Å². The highest BCUT2D eigenvalue weighted by atomic mass is 35.5. The Kier molecular flexibility index (Phi) is 9.38. The molecule has 1 aromatic rings. The lowest BCUT2D eigenvalue weighted by atomic mass is 9.90. The largest absolute Gasteiger partial charge is 0.354 e. The molecule has 0 saturated carbocycles. The minimum absolute atomic E-state index is 0. The molecular formula is C18H33Cl2N5O. The highest BCUT2D eigenvalue weighted by Crippen LogP contribution is 2.28. The molecule has 0 aliphatic carbocycles. The van der Waals surface area contributed by atoms with Crippen LogP contribution >= 0.6 is 24.8 Å². The summed E-state index contributed by atoms with van der Waals surface area (Å²) < 4.78 is 1.81. The summed E-state index contributed by atoms with van der Waals surface area (Å²) in [5.41, 5.74) is 1.15. The van der Waals surface area contributed by atoms with Crippen LogP contribution in [0.1, 0.15) is 44.6 Å². The molecule has 2 N–H and O–H groups in total. The van der Waals surface area contributed by atoms with Crippen molar-refractivity contribution in [2.75, 3.05) is 26.2 Å². The van der Waals surface area contributed by atoms with Crippen molar-refractivity contribution in [3.8, 4) is 0 Å². The van der Waals surface area contributed by atoms with Crippen molar-refractivity contribution in [2.24, 2.45) is 13.0 Å². The van der Waals surface area contributed by atoms with Crippen molar-refractivity contribution < 1.29 is 4.79 Å². The maximum atomic E-state index is 12.7. The molecule has 2 aliphatic rings. The number of carbonyl (C=O) groups is 1. The average Bonchev–Trinajstić information content (AvgIpc) is 3.21. The Balaban J connectivity index is 0.00000169. The fourth-order valence-corrected chi connectivity index (χ4v) is 4.21. The summed E-state index contributed by atoms with van der Waals surface area (Å²) in [7, 11) is 1.92. The first-order valence-corrected chi connectivity index (χ1v) is 9.29. The second-order valence-electron chi connectivity index (χ2n) is 7.50. The van der Waals surface area contributed by atoms with Crippen LogP contribution in [0, 0.1) is 5.92 Å². The summed E-state index contributed by atoms with van der Waals surface area (Å²) in [5, 5.41) is 10.8. The number of likely N-dealkylation sites (tertiary alicyclic amines) is 1. The van der Waals surface area contributed by atoms with E-state index in [2.05, 4.69) is 34.5 Å². The molecule has 150 valence electrons. The molecular weight excluding hydrogens is 373 g/mol. The molecule has 8 heteroatoms. The average molecular weight is 406 g/mol. The number of aryl methyl sites for hydroxylation is 1. The van der Waals surface area contributed by atoms with Crippen LogP contribution in [0.25, 0.3) is 0 Å². The summed E-state index contributed by atoms with van der Waals surface area (Å²) in [5.74, 6) is 0.397. The summed E-state index contributed by atoms with van der Waals surface area (Å²) in [6.45, 7) is 8.02. The summed E-state index contributed by atoms with van der Waals surface area (Å²) in [6, 6.07) is 1.03. The van der Waals surface area contributed by atoms with Gasteiger partial charge in [0.25, 0.3) is 0 Å². The quantitative estimate of drug-likeness (QED) is 0.785. The van der Waals surface area contributed by atoms with Crippen molar-refractivity contribution in [3.05, 3.63) is 18.0 Å². The van der Waals surface area contributed by atoms with E-state index < -0.39 is 0 Å². The number of hydrogen-bond acceptors (Lipinski definition) is 4. The molecule has 0 aromatic carbocycles. The third-order valence-electron chi connectivity index (χ3n) is 5.70. The molecule has 3 heterocycles. The zero-order chi connectivity index (χ0) is 17.1.